The van der Waals surface area contributed by atoms with Crippen LogP contribution < -0.4 is 9.47 Å². The lowest BCUT2D eigenvalue weighted by Crippen LogP contribution is -2.80. The van der Waals surface area contributed by atoms with E-state index in [2.05, 4.69) is 0 Å². The zero-order valence-corrected chi connectivity index (χ0v) is 26.0. The summed E-state index contributed by atoms with van der Waals surface area (Å²) in [6.45, 7) is 13.0. The Labute approximate surface area is 251 Å². The van der Waals surface area contributed by atoms with E-state index in [1.807, 2.05) is 53.7 Å². The number of hydrogen-bond donors (Lipinski definition) is 2. The largest absolute Gasteiger partial charge is 0.506 e. The molecule has 43 heavy (non-hydrogen) atoms. The molecule has 1 aromatic carbocycles. The summed E-state index contributed by atoms with van der Waals surface area (Å²) in [5, 5.41) is 21.3. The predicted octanol–water partition coefficient (Wildman–Crippen LogP) is 5.22. The van der Waals surface area contributed by atoms with Gasteiger partial charge in [0, 0.05) is 36.5 Å². The minimum absolute atomic E-state index is 0.0474. The number of phenolic OH excluding ortho intramolecular Hbond substituents is 1. The van der Waals surface area contributed by atoms with Crippen LogP contribution in [0.4, 0.5) is 0 Å². The number of rotatable bonds is 6. The highest BCUT2D eigenvalue weighted by Crippen LogP contribution is 2.70. The summed E-state index contributed by atoms with van der Waals surface area (Å²) in [5.74, 6) is -3.41. The highest BCUT2D eigenvalue weighted by Gasteiger charge is 2.85. The van der Waals surface area contributed by atoms with Gasteiger partial charge in [-0.15, -0.1) is 0 Å². The second-order valence-electron chi connectivity index (χ2n) is 13.9. The number of Topliss-reactive ketones (excluding diaryl/α,β-unsaturated/α-hetero) is 2. The van der Waals surface area contributed by atoms with Crippen LogP contribution in [0.2, 0.25) is 0 Å². The van der Waals surface area contributed by atoms with Crippen LogP contribution in [-0.4, -0.2) is 63.4 Å². The second kappa shape index (κ2) is 9.29. The smallest absolute Gasteiger partial charge is 0.330 e. The minimum Gasteiger partial charge on any atom is -0.506 e. The maximum absolute atomic E-state index is 14.9. The van der Waals surface area contributed by atoms with Gasteiger partial charge in [0.25, 0.3) is 0 Å². The number of carbonyl (C=O) groups is 3. The van der Waals surface area contributed by atoms with E-state index in [-0.39, 0.29) is 40.6 Å². The van der Waals surface area contributed by atoms with Gasteiger partial charge in [-0.3, -0.25) is 9.59 Å². The number of carboxylic acids is 1. The van der Waals surface area contributed by atoms with Crippen molar-refractivity contribution >= 4 is 23.6 Å². The Bertz CT molecular complexity index is 1560. The van der Waals surface area contributed by atoms with Crippen molar-refractivity contribution in [2.45, 2.75) is 96.2 Å². The Hall–Kier alpha value is -3.43. The number of carbonyl (C=O) groups excluding carboxylic acids is 2. The van der Waals surface area contributed by atoms with Crippen molar-refractivity contribution in [3.05, 3.63) is 46.1 Å². The van der Waals surface area contributed by atoms with Crippen LogP contribution in [0.5, 0.6) is 17.2 Å². The number of hydrogen-bond acceptors (Lipinski definition) is 8. The number of aliphatic carboxylic acids is 1. The molecule has 6 aliphatic rings. The van der Waals surface area contributed by atoms with Crippen LogP contribution in [0.15, 0.2) is 29.4 Å². The van der Waals surface area contributed by atoms with E-state index in [1.165, 1.54) is 20.1 Å². The average Bonchev–Trinajstić information content (AvgIpc) is 3.06. The molecular formula is C34H40O9. The molecule has 3 aliphatic heterocycles. The number of allylic oxidation sites excluding steroid dienone is 2. The number of ether oxygens (including phenoxy) is 4. The van der Waals surface area contributed by atoms with Gasteiger partial charge >= 0.3 is 5.97 Å². The van der Waals surface area contributed by atoms with Crippen LogP contribution in [0.25, 0.3) is 6.08 Å². The first-order valence-electron chi connectivity index (χ1n) is 14.9. The van der Waals surface area contributed by atoms with E-state index in [9.17, 15) is 24.6 Å². The van der Waals surface area contributed by atoms with Crippen molar-refractivity contribution in [3.8, 4) is 17.2 Å². The van der Waals surface area contributed by atoms with Gasteiger partial charge in [0.05, 0.1) is 23.2 Å². The molecule has 3 heterocycles. The maximum atomic E-state index is 14.9. The van der Waals surface area contributed by atoms with Gasteiger partial charge in [-0.25, -0.2) is 4.79 Å². The van der Waals surface area contributed by atoms with Crippen LogP contribution in [0.3, 0.4) is 0 Å². The molecule has 0 unspecified atom stereocenters. The third-order valence-corrected chi connectivity index (χ3v) is 10.2. The van der Waals surface area contributed by atoms with E-state index in [0.717, 1.165) is 5.57 Å². The number of fused-ring (bicyclic) bond motifs is 2. The van der Waals surface area contributed by atoms with Gasteiger partial charge in [-0.2, -0.15) is 0 Å². The first kappa shape index (κ1) is 29.6. The molecule has 1 spiro atoms. The van der Waals surface area contributed by atoms with Gasteiger partial charge in [0.15, 0.2) is 22.8 Å². The van der Waals surface area contributed by atoms with Gasteiger partial charge in [0.2, 0.25) is 0 Å². The third kappa shape index (κ3) is 3.80. The zero-order valence-electron chi connectivity index (χ0n) is 26.0. The summed E-state index contributed by atoms with van der Waals surface area (Å²) >= 11 is 0. The Kier molecular flexibility index (Phi) is 6.40. The normalized spacial score (nSPS) is 34.1. The molecule has 2 N–H and O–H groups in total. The molecule has 1 saturated heterocycles. The summed E-state index contributed by atoms with van der Waals surface area (Å²) in [7, 11) is 1.48. The fourth-order valence-corrected chi connectivity index (χ4v) is 8.31. The van der Waals surface area contributed by atoms with Crippen molar-refractivity contribution in [1.82, 2.24) is 0 Å². The molecular weight excluding hydrogens is 552 g/mol. The van der Waals surface area contributed by atoms with Gasteiger partial charge < -0.3 is 29.2 Å². The number of aromatic hydroxyl groups is 1. The van der Waals surface area contributed by atoms with Crippen LogP contribution >= 0.6 is 0 Å². The summed E-state index contributed by atoms with van der Waals surface area (Å²) in [6.07, 6.45) is 6.97. The summed E-state index contributed by atoms with van der Waals surface area (Å²) < 4.78 is 26.2. The quantitative estimate of drug-likeness (QED) is 0.338. The standard InChI is InChI=1S/C34H40O9/c1-16(2)9-10-19-26-18(12-13-31(4,5)41-26)24(35)22-25(36)23-28(40-8)20-15-21-32(6,7)43-33(29(20)37,14-11-17(3)30(38)39)34(21,23)42-27(19)22/h9,11-13,20-21,23,28,35H,10,14-15H2,1-8H3,(H,38,39)/t20-,21-,23+,28+,33-,34-/m0/s1. The highest BCUT2D eigenvalue weighted by molar-refractivity contribution is 6.10. The molecule has 230 valence electrons. The SMILES string of the molecule is CO[C@@H]1[C@@H]2C[C@H]3C(C)(C)O[C@@](CC=C(C)C(=O)O)(C2=O)[C@]32Oc3c(CC=C(C)C)c4c(c(O)c3C(=O)[C@H]12)C=CC(C)(C)O4. The van der Waals surface area contributed by atoms with E-state index < -0.39 is 52.2 Å². The Morgan fingerprint density at radius 1 is 1.09 bits per heavy atom. The zero-order chi connectivity index (χ0) is 31.4. The Morgan fingerprint density at radius 3 is 2.42 bits per heavy atom. The monoisotopic (exact) mass is 592 g/mol. The number of benzene rings is 1. The Morgan fingerprint density at radius 2 is 1.79 bits per heavy atom. The van der Waals surface area contributed by atoms with Gasteiger partial charge in [-0.1, -0.05) is 17.7 Å². The number of phenols is 1. The fourth-order valence-electron chi connectivity index (χ4n) is 8.31. The maximum Gasteiger partial charge on any atom is 0.330 e. The fraction of sp³-hybridized carbons (Fsp3) is 0.559. The first-order chi connectivity index (χ1) is 20.0. The molecule has 7 rings (SSSR count). The molecule has 1 aromatic rings. The number of methoxy groups -OCH3 is 1. The topological polar surface area (TPSA) is 129 Å². The first-order valence-corrected chi connectivity index (χ1v) is 14.9. The van der Waals surface area contributed by atoms with Crippen molar-refractivity contribution in [1.29, 1.82) is 0 Å². The van der Waals surface area contributed by atoms with Crippen LogP contribution in [0.1, 0.15) is 82.8 Å². The van der Waals surface area contributed by atoms with Gasteiger partial charge in [0.1, 0.15) is 28.4 Å². The van der Waals surface area contributed by atoms with Gasteiger partial charge in [-0.05, 0) is 73.5 Å². The summed E-state index contributed by atoms with van der Waals surface area (Å²) in [5.41, 5.74) is -2.57. The molecule has 6 atom stereocenters. The molecule has 9 nitrogen and oxygen atoms in total. The number of ketones is 2. The average molecular weight is 593 g/mol. The van der Waals surface area contributed by atoms with E-state index in [1.54, 1.807) is 6.08 Å². The van der Waals surface area contributed by atoms with Crippen molar-refractivity contribution in [2.24, 2.45) is 17.8 Å². The molecule has 3 saturated carbocycles. The van der Waals surface area contributed by atoms with Crippen LogP contribution in [0, 0.1) is 17.8 Å². The third-order valence-electron chi connectivity index (χ3n) is 10.2. The minimum atomic E-state index is -1.65. The lowest BCUT2D eigenvalue weighted by atomic mass is 9.45. The van der Waals surface area contributed by atoms with E-state index in [0.29, 0.717) is 29.7 Å². The molecule has 0 aromatic heterocycles. The lowest BCUT2D eigenvalue weighted by Gasteiger charge is -2.62. The molecule has 4 bridgehead atoms. The molecule has 0 amide bonds. The van der Waals surface area contributed by atoms with Crippen molar-refractivity contribution in [3.63, 3.8) is 0 Å². The molecule has 9 heteroatoms. The van der Waals surface area contributed by atoms with Crippen molar-refractivity contribution in [2.75, 3.05) is 7.11 Å². The van der Waals surface area contributed by atoms with Crippen LogP contribution in [-0.2, 0) is 25.5 Å². The second-order valence-corrected chi connectivity index (χ2v) is 13.9. The summed E-state index contributed by atoms with van der Waals surface area (Å²) in [6, 6.07) is 0. The molecule has 3 aliphatic carbocycles. The van der Waals surface area contributed by atoms with Crippen molar-refractivity contribution < 1.29 is 43.5 Å². The number of carboxylic acid groups (broad SMARTS) is 1. The van der Waals surface area contributed by atoms with E-state index >= 15 is 0 Å². The molecule has 4 fully saturated rings. The summed E-state index contributed by atoms with van der Waals surface area (Å²) in [4.78, 5) is 41.2. The molecule has 0 radical (unpaired) electrons. The van der Waals surface area contributed by atoms with E-state index in [4.69, 9.17) is 18.9 Å². The lowest BCUT2D eigenvalue weighted by molar-refractivity contribution is -0.224. The highest BCUT2D eigenvalue weighted by atomic mass is 16.6. The Balaban J connectivity index is 1.68. The predicted molar refractivity (Wildman–Crippen MR) is 157 cm³/mol.